The van der Waals surface area contributed by atoms with Crippen LogP contribution in [0, 0.1) is 17.8 Å². The lowest BCUT2D eigenvalue weighted by molar-refractivity contribution is -0.126. The lowest BCUT2D eigenvalue weighted by Gasteiger charge is -2.57. The van der Waals surface area contributed by atoms with Crippen molar-refractivity contribution in [1.29, 1.82) is 0 Å². The van der Waals surface area contributed by atoms with E-state index in [0.717, 1.165) is 42.6 Å². The van der Waals surface area contributed by atoms with E-state index in [1.165, 1.54) is 35.7 Å². The summed E-state index contributed by atoms with van der Waals surface area (Å²) in [5, 5.41) is 12.2. The van der Waals surface area contributed by atoms with E-state index in [9.17, 15) is 4.79 Å². The molecular weight excluding hydrogens is 370 g/mol. The van der Waals surface area contributed by atoms with E-state index < -0.39 is 0 Å². The Kier molecular flexibility index (Phi) is 4.38. The third-order valence-electron chi connectivity index (χ3n) is 6.77. The zero-order valence-electron chi connectivity index (χ0n) is 16.2. The number of aromatic nitrogens is 3. The second kappa shape index (κ2) is 6.79. The molecule has 6 nitrogen and oxygen atoms in total. The maximum atomic E-state index is 13.0. The molecule has 1 atom stereocenters. The van der Waals surface area contributed by atoms with E-state index >= 15 is 0 Å². The summed E-state index contributed by atoms with van der Waals surface area (Å²) < 4.78 is 1.48. The molecule has 6 rings (SSSR count). The predicted octanol–water partition coefficient (Wildman–Crippen LogP) is 3.22. The van der Waals surface area contributed by atoms with E-state index in [1.54, 1.807) is 0 Å². The molecule has 4 saturated carbocycles. The summed E-state index contributed by atoms with van der Waals surface area (Å²) in [6.45, 7) is 1.93. The molecule has 0 saturated heterocycles. The largest absolute Gasteiger partial charge is 0.350 e. The molecule has 4 bridgehead atoms. The van der Waals surface area contributed by atoms with Gasteiger partial charge in [-0.1, -0.05) is 42.1 Å². The minimum absolute atomic E-state index is 0.0340. The monoisotopic (exact) mass is 397 g/mol. The quantitative estimate of drug-likeness (QED) is 0.598. The summed E-state index contributed by atoms with van der Waals surface area (Å²) in [5.41, 5.74) is 0.946. The van der Waals surface area contributed by atoms with E-state index in [1.807, 2.05) is 37.3 Å². The molecule has 4 aliphatic rings. The van der Waals surface area contributed by atoms with Gasteiger partial charge in [-0.05, 0) is 63.2 Å². The number of amides is 1. The van der Waals surface area contributed by atoms with Gasteiger partial charge in [0.05, 0.1) is 5.25 Å². The van der Waals surface area contributed by atoms with Crippen LogP contribution in [0.1, 0.15) is 45.4 Å². The summed E-state index contributed by atoms with van der Waals surface area (Å²) in [6.07, 6.45) is 7.60. The molecule has 7 heteroatoms. The molecular formula is C21H27N5OS. The van der Waals surface area contributed by atoms with Crippen LogP contribution in [0.25, 0.3) is 11.4 Å². The average molecular weight is 398 g/mol. The van der Waals surface area contributed by atoms with Gasteiger partial charge >= 0.3 is 0 Å². The first-order chi connectivity index (χ1) is 13.5. The first-order valence-electron chi connectivity index (χ1n) is 10.3. The first kappa shape index (κ1) is 18.0. The number of nitrogens with two attached hydrogens (primary N) is 1. The molecule has 2 aromatic rings. The number of benzene rings is 1. The molecule has 0 aliphatic heterocycles. The first-order valence-corrected chi connectivity index (χ1v) is 11.1. The fourth-order valence-corrected chi connectivity index (χ4v) is 6.75. The summed E-state index contributed by atoms with van der Waals surface area (Å²) >= 11 is 1.37. The highest BCUT2D eigenvalue weighted by molar-refractivity contribution is 8.00. The molecule has 1 aromatic heterocycles. The van der Waals surface area contributed by atoms with Crippen LogP contribution < -0.4 is 11.2 Å². The molecule has 28 heavy (non-hydrogen) atoms. The van der Waals surface area contributed by atoms with Crippen LogP contribution in [-0.4, -0.2) is 31.6 Å². The van der Waals surface area contributed by atoms with Crippen molar-refractivity contribution in [3.63, 3.8) is 0 Å². The van der Waals surface area contributed by atoms with Crippen molar-refractivity contribution in [3.8, 4) is 11.4 Å². The smallest absolute Gasteiger partial charge is 0.233 e. The summed E-state index contributed by atoms with van der Waals surface area (Å²) in [7, 11) is 0. The molecule has 4 fully saturated rings. The van der Waals surface area contributed by atoms with E-state index in [0.29, 0.717) is 11.0 Å². The van der Waals surface area contributed by atoms with E-state index in [4.69, 9.17) is 5.84 Å². The second-order valence-electron chi connectivity index (χ2n) is 8.99. The molecule has 4 aliphatic carbocycles. The molecule has 3 N–H and O–H groups in total. The Morgan fingerprint density at radius 2 is 1.75 bits per heavy atom. The normalized spacial score (nSPS) is 31.7. The molecule has 0 radical (unpaired) electrons. The van der Waals surface area contributed by atoms with Crippen molar-refractivity contribution in [2.45, 2.75) is 61.4 Å². The summed E-state index contributed by atoms with van der Waals surface area (Å²) in [6, 6.07) is 9.74. The minimum atomic E-state index is -0.261. The molecule has 1 heterocycles. The third-order valence-corrected chi connectivity index (χ3v) is 7.83. The SMILES string of the molecule is CC(Sc1nnc(-c2ccccc2)n1N)C(=O)NC12CC3CC(CC(C3)C1)C2. The fraction of sp³-hybridized carbons (Fsp3) is 0.571. The Morgan fingerprint density at radius 3 is 2.36 bits per heavy atom. The second-order valence-corrected chi connectivity index (χ2v) is 10.3. The van der Waals surface area contributed by atoms with Gasteiger partial charge in [-0.2, -0.15) is 0 Å². The Morgan fingerprint density at radius 1 is 1.14 bits per heavy atom. The van der Waals surface area contributed by atoms with Crippen LogP contribution in [0.3, 0.4) is 0 Å². The van der Waals surface area contributed by atoms with Crippen LogP contribution in [0.15, 0.2) is 35.5 Å². The zero-order chi connectivity index (χ0) is 19.3. The molecule has 1 aromatic carbocycles. The standard InChI is InChI=1S/C21H27N5OS/c1-13(28-20-25-24-18(26(20)22)17-5-3-2-4-6-17)19(27)23-21-10-14-7-15(11-21)9-16(8-14)12-21/h2-6,13-16H,7-12,22H2,1H3,(H,23,27). The summed E-state index contributed by atoms with van der Waals surface area (Å²) in [5.74, 6) is 9.36. The third kappa shape index (κ3) is 3.19. The van der Waals surface area contributed by atoms with Crippen molar-refractivity contribution < 1.29 is 4.79 Å². The number of thioether (sulfide) groups is 1. The topological polar surface area (TPSA) is 85.8 Å². The van der Waals surface area contributed by atoms with Crippen LogP contribution in [0.5, 0.6) is 0 Å². The van der Waals surface area contributed by atoms with Gasteiger partial charge in [0, 0.05) is 11.1 Å². The van der Waals surface area contributed by atoms with Crippen LogP contribution in [0.4, 0.5) is 0 Å². The van der Waals surface area contributed by atoms with Gasteiger partial charge < -0.3 is 11.2 Å². The highest BCUT2D eigenvalue weighted by atomic mass is 32.2. The van der Waals surface area contributed by atoms with E-state index in [-0.39, 0.29) is 16.7 Å². The van der Waals surface area contributed by atoms with Gasteiger partial charge in [-0.15, -0.1) is 10.2 Å². The van der Waals surface area contributed by atoms with Gasteiger partial charge in [0.2, 0.25) is 11.1 Å². The van der Waals surface area contributed by atoms with Crippen molar-refractivity contribution in [3.05, 3.63) is 30.3 Å². The Labute approximate surface area is 169 Å². The number of nitrogen functional groups attached to an aromatic ring is 1. The highest BCUT2D eigenvalue weighted by Crippen LogP contribution is 2.55. The van der Waals surface area contributed by atoms with Gasteiger partial charge in [-0.25, -0.2) is 4.68 Å². The summed E-state index contributed by atoms with van der Waals surface area (Å²) in [4.78, 5) is 13.0. The fourth-order valence-electron chi connectivity index (χ4n) is 5.98. The number of carbonyl (C=O) groups is 1. The number of carbonyl (C=O) groups excluding carboxylic acids is 1. The Hall–Kier alpha value is -2.02. The molecule has 1 amide bonds. The van der Waals surface area contributed by atoms with Crippen molar-refractivity contribution in [1.82, 2.24) is 20.2 Å². The average Bonchev–Trinajstić information content (AvgIpc) is 3.01. The number of nitrogens with zero attached hydrogens (tertiary/aromatic N) is 3. The predicted molar refractivity (Wildman–Crippen MR) is 110 cm³/mol. The number of rotatable bonds is 5. The highest BCUT2D eigenvalue weighted by Gasteiger charge is 2.51. The zero-order valence-corrected chi connectivity index (χ0v) is 17.0. The van der Waals surface area contributed by atoms with Gasteiger partial charge in [0.25, 0.3) is 0 Å². The van der Waals surface area contributed by atoms with Crippen LogP contribution in [0.2, 0.25) is 0 Å². The number of hydrogen-bond acceptors (Lipinski definition) is 5. The van der Waals surface area contributed by atoms with Crippen molar-refractivity contribution in [2.24, 2.45) is 17.8 Å². The van der Waals surface area contributed by atoms with Gasteiger partial charge in [0.15, 0.2) is 5.82 Å². The Bertz CT molecular complexity index is 845. The van der Waals surface area contributed by atoms with E-state index in [2.05, 4.69) is 15.5 Å². The minimum Gasteiger partial charge on any atom is -0.350 e. The molecule has 148 valence electrons. The van der Waals surface area contributed by atoms with Crippen LogP contribution in [-0.2, 0) is 4.79 Å². The Balaban J connectivity index is 1.27. The number of nitrogens with one attached hydrogen (secondary N) is 1. The maximum absolute atomic E-state index is 13.0. The molecule has 1 unspecified atom stereocenters. The van der Waals surface area contributed by atoms with Crippen molar-refractivity contribution in [2.75, 3.05) is 5.84 Å². The van der Waals surface area contributed by atoms with Gasteiger partial charge in [0.1, 0.15) is 0 Å². The molecule has 0 spiro atoms. The van der Waals surface area contributed by atoms with Crippen molar-refractivity contribution >= 4 is 17.7 Å². The maximum Gasteiger partial charge on any atom is 0.233 e. The lowest BCUT2D eigenvalue weighted by Crippen LogP contribution is -2.60. The van der Waals surface area contributed by atoms with Crippen LogP contribution >= 0.6 is 11.8 Å². The van der Waals surface area contributed by atoms with Gasteiger partial charge in [-0.3, -0.25) is 4.79 Å². The number of hydrogen-bond donors (Lipinski definition) is 2. The lowest BCUT2D eigenvalue weighted by atomic mass is 9.53.